The fourth-order valence-corrected chi connectivity index (χ4v) is 1.92. The maximum absolute atomic E-state index is 12.9. The molecule has 0 spiro atoms. The van der Waals surface area contributed by atoms with Gasteiger partial charge in [0, 0.05) is 19.7 Å². The lowest BCUT2D eigenvalue weighted by Gasteiger charge is -2.24. The first-order chi connectivity index (χ1) is 9.97. The molecule has 0 aromatic carbocycles. The fraction of sp³-hybridized carbons (Fsp3) is 0.714. The van der Waals surface area contributed by atoms with Crippen LogP contribution in [-0.2, 0) is 17.5 Å². The van der Waals surface area contributed by atoms with Gasteiger partial charge in [-0.05, 0) is 39.5 Å². The summed E-state index contributed by atoms with van der Waals surface area (Å²) in [5, 5.41) is 3.60. The number of amides is 1. The van der Waals surface area contributed by atoms with Gasteiger partial charge in [0.2, 0.25) is 0 Å². The van der Waals surface area contributed by atoms with Gasteiger partial charge in [-0.15, -0.1) is 0 Å². The second kappa shape index (κ2) is 5.48. The molecule has 1 aliphatic carbocycles. The first-order valence-electron chi connectivity index (χ1n) is 7.09. The molecule has 1 heterocycles. The summed E-state index contributed by atoms with van der Waals surface area (Å²) >= 11 is 0. The van der Waals surface area contributed by atoms with Gasteiger partial charge in [-0.3, -0.25) is 4.90 Å². The second-order valence-corrected chi connectivity index (χ2v) is 6.55. The topological polar surface area (TPSA) is 47.4 Å². The van der Waals surface area contributed by atoms with Gasteiger partial charge in [0.1, 0.15) is 11.4 Å². The van der Waals surface area contributed by atoms with Crippen LogP contribution in [-0.4, -0.2) is 28.5 Å². The number of carbonyl (C=O) groups excluding carboxylic acids is 1. The van der Waals surface area contributed by atoms with Crippen LogP contribution in [0.2, 0.25) is 0 Å². The predicted octanol–water partition coefficient (Wildman–Crippen LogP) is 3.68. The van der Waals surface area contributed by atoms with Crippen molar-refractivity contribution in [2.75, 3.05) is 11.9 Å². The van der Waals surface area contributed by atoms with Crippen LogP contribution in [0.1, 0.15) is 39.3 Å². The minimum Gasteiger partial charge on any atom is -0.443 e. The molecular weight excluding hydrogens is 299 g/mol. The Kier molecular flexibility index (Phi) is 4.14. The highest BCUT2D eigenvalue weighted by Gasteiger charge is 2.37. The number of rotatable bonds is 3. The fourth-order valence-electron chi connectivity index (χ4n) is 1.92. The van der Waals surface area contributed by atoms with Crippen LogP contribution in [0.25, 0.3) is 0 Å². The molecule has 0 unspecified atom stereocenters. The molecule has 0 aliphatic heterocycles. The molecule has 124 valence electrons. The molecule has 1 aliphatic rings. The molecule has 1 aromatic heterocycles. The largest absolute Gasteiger partial charge is 0.443 e. The van der Waals surface area contributed by atoms with Gasteiger partial charge in [0.05, 0.1) is 0 Å². The Morgan fingerprint density at radius 2 is 2.00 bits per heavy atom. The van der Waals surface area contributed by atoms with E-state index in [-0.39, 0.29) is 5.82 Å². The van der Waals surface area contributed by atoms with Gasteiger partial charge in [-0.2, -0.15) is 18.3 Å². The minimum atomic E-state index is -4.54. The van der Waals surface area contributed by atoms with E-state index in [0.29, 0.717) is 12.5 Å². The van der Waals surface area contributed by atoms with Crippen LogP contribution in [0.3, 0.4) is 0 Å². The number of aromatic nitrogens is 2. The average Bonchev–Trinajstić information content (AvgIpc) is 3.02. The summed E-state index contributed by atoms with van der Waals surface area (Å²) in [7, 11) is 1.38. The smallest absolute Gasteiger partial charge is 0.435 e. The molecule has 1 fully saturated rings. The van der Waals surface area contributed by atoms with Crippen molar-refractivity contribution >= 4 is 11.9 Å². The van der Waals surface area contributed by atoms with Crippen LogP contribution in [0.5, 0.6) is 0 Å². The summed E-state index contributed by atoms with van der Waals surface area (Å²) in [6.07, 6.45) is -3.32. The second-order valence-electron chi connectivity index (χ2n) is 6.55. The molecule has 22 heavy (non-hydrogen) atoms. The Morgan fingerprint density at radius 1 is 1.41 bits per heavy atom. The summed E-state index contributed by atoms with van der Waals surface area (Å²) < 4.78 is 45.0. The van der Waals surface area contributed by atoms with E-state index < -0.39 is 23.6 Å². The van der Waals surface area contributed by atoms with E-state index in [4.69, 9.17) is 4.74 Å². The molecule has 0 atom stereocenters. The van der Waals surface area contributed by atoms with Crippen LogP contribution in [0.4, 0.5) is 23.8 Å². The highest BCUT2D eigenvalue weighted by atomic mass is 19.4. The molecule has 5 nitrogen and oxygen atoms in total. The van der Waals surface area contributed by atoms with E-state index in [1.807, 2.05) is 0 Å². The highest BCUT2D eigenvalue weighted by Crippen LogP contribution is 2.35. The summed E-state index contributed by atoms with van der Waals surface area (Å²) in [6.45, 7) is 5.46. The number of carbonyl (C=O) groups is 1. The lowest BCUT2D eigenvalue weighted by molar-refractivity contribution is -0.141. The van der Waals surface area contributed by atoms with Gasteiger partial charge in [0.15, 0.2) is 5.69 Å². The van der Waals surface area contributed by atoms with Crippen LogP contribution in [0.15, 0.2) is 6.07 Å². The Balaban J connectivity index is 2.26. The Labute approximate surface area is 127 Å². The van der Waals surface area contributed by atoms with E-state index in [0.717, 1.165) is 23.8 Å². The summed E-state index contributed by atoms with van der Waals surface area (Å²) in [5.41, 5.74) is -1.72. The molecular formula is C14H20F3N3O2. The first kappa shape index (κ1) is 16.6. The van der Waals surface area contributed by atoms with Crippen molar-refractivity contribution in [3.63, 3.8) is 0 Å². The lowest BCUT2D eigenvalue weighted by Crippen LogP contribution is -2.35. The molecule has 1 saturated carbocycles. The number of hydrogen-bond acceptors (Lipinski definition) is 3. The number of nitrogens with zero attached hydrogens (tertiary/aromatic N) is 3. The van der Waals surface area contributed by atoms with Gasteiger partial charge >= 0.3 is 12.3 Å². The zero-order valence-corrected chi connectivity index (χ0v) is 13.1. The maximum atomic E-state index is 12.9. The van der Waals surface area contributed by atoms with Gasteiger partial charge in [-0.1, -0.05) is 0 Å². The first-order valence-corrected chi connectivity index (χ1v) is 7.09. The van der Waals surface area contributed by atoms with Gasteiger partial charge in [0.25, 0.3) is 0 Å². The normalized spacial score (nSPS) is 15.8. The highest BCUT2D eigenvalue weighted by molar-refractivity contribution is 5.86. The van der Waals surface area contributed by atoms with Crippen molar-refractivity contribution in [3.8, 4) is 0 Å². The molecule has 2 rings (SSSR count). The zero-order chi connectivity index (χ0) is 16.7. The van der Waals surface area contributed by atoms with Gasteiger partial charge < -0.3 is 4.74 Å². The average molecular weight is 319 g/mol. The third-order valence-corrected chi connectivity index (χ3v) is 3.19. The molecule has 0 bridgehead atoms. The van der Waals surface area contributed by atoms with Crippen molar-refractivity contribution in [2.24, 2.45) is 5.92 Å². The monoisotopic (exact) mass is 319 g/mol. The van der Waals surface area contributed by atoms with Crippen molar-refractivity contribution in [1.82, 2.24) is 9.78 Å². The number of alkyl halides is 3. The van der Waals surface area contributed by atoms with Crippen molar-refractivity contribution in [2.45, 2.75) is 51.9 Å². The van der Waals surface area contributed by atoms with E-state index >= 15 is 0 Å². The number of ether oxygens (including phenoxy) is 1. The van der Waals surface area contributed by atoms with Crippen molar-refractivity contribution < 1.29 is 22.7 Å². The Bertz CT molecular complexity index is 557. The summed E-state index contributed by atoms with van der Waals surface area (Å²) in [6, 6.07) is 0.881. The molecule has 1 aromatic rings. The third-order valence-electron chi connectivity index (χ3n) is 3.19. The number of anilines is 1. The predicted molar refractivity (Wildman–Crippen MR) is 74.6 cm³/mol. The quantitative estimate of drug-likeness (QED) is 0.854. The summed E-state index contributed by atoms with van der Waals surface area (Å²) in [4.78, 5) is 13.1. The molecule has 0 N–H and O–H groups in total. The van der Waals surface area contributed by atoms with E-state index in [1.54, 1.807) is 20.8 Å². The zero-order valence-electron chi connectivity index (χ0n) is 13.1. The standard InChI is InChI=1S/C14H20F3N3O2/c1-13(2,3)22-12(21)19(4)11-7-10(14(15,16)17)18-20(11)8-9-5-6-9/h7,9H,5-6,8H2,1-4H3. The van der Waals surface area contributed by atoms with Crippen LogP contribution < -0.4 is 4.90 Å². The Hall–Kier alpha value is -1.73. The third kappa shape index (κ3) is 4.14. The molecule has 8 heteroatoms. The van der Waals surface area contributed by atoms with Crippen molar-refractivity contribution in [1.29, 1.82) is 0 Å². The van der Waals surface area contributed by atoms with Crippen LogP contribution >= 0.6 is 0 Å². The molecule has 0 radical (unpaired) electrons. The molecule has 0 saturated heterocycles. The number of hydrogen-bond donors (Lipinski definition) is 0. The van der Waals surface area contributed by atoms with E-state index in [9.17, 15) is 18.0 Å². The minimum absolute atomic E-state index is 0.0912. The van der Waals surface area contributed by atoms with E-state index in [2.05, 4.69) is 5.10 Å². The van der Waals surface area contributed by atoms with E-state index in [1.165, 1.54) is 11.7 Å². The van der Waals surface area contributed by atoms with Gasteiger partial charge in [-0.25, -0.2) is 9.48 Å². The lowest BCUT2D eigenvalue weighted by atomic mass is 10.2. The SMILES string of the molecule is CN(C(=O)OC(C)(C)C)c1cc(C(F)(F)F)nn1CC1CC1. The summed E-state index contributed by atoms with van der Waals surface area (Å²) in [5.74, 6) is 0.417. The molecule has 1 amide bonds. The Morgan fingerprint density at radius 3 is 2.45 bits per heavy atom. The van der Waals surface area contributed by atoms with Crippen molar-refractivity contribution in [3.05, 3.63) is 11.8 Å². The number of halogens is 3. The maximum Gasteiger partial charge on any atom is 0.435 e. The van der Waals surface area contributed by atoms with Crippen LogP contribution in [0, 0.1) is 5.92 Å².